The number of hydrogen-bond acceptors (Lipinski definition) is 4. The van der Waals surface area contributed by atoms with Crippen LogP contribution in [0.1, 0.15) is 22.9 Å². The topological polar surface area (TPSA) is 57.8 Å². The monoisotopic (exact) mass is 297 g/mol. The minimum Gasteiger partial charge on any atom is -0.315 e. The molecular formula is C16H15N3OS. The highest BCUT2D eigenvalue weighted by atomic mass is 32.1. The standard InChI is InChI=1S/C16H15N3OS/c20-16-19-14(11-21-16)10-18-15(12-4-2-1-3-5-12)13-6-8-17-9-7-13/h1-9,11,15,18H,10H2,(H,19,20). The molecule has 2 N–H and O–H groups in total. The summed E-state index contributed by atoms with van der Waals surface area (Å²) in [6, 6.07) is 14.3. The molecule has 0 bridgehead atoms. The van der Waals surface area contributed by atoms with E-state index in [0.29, 0.717) is 6.54 Å². The summed E-state index contributed by atoms with van der Waals surface area (Å²) in [5.41, 5.74) is 3.23. The van der Waals surface area contributed by atoms with Gasteiger partial charge in [0.1, 0.15) is 0 Å². The lowest BCUT2D eigenvalue weighted by molar-refractivity contribution is 0.597. The normalized spacial score (nSPS) is 12.2. The molecule has 5 heteroatoms. The van der Waals surface area contributed by atoms with Gasteiger partial charge in [-0.2, -0.15) is 0 Å². The number of benzene rings is 1. The zero-order chi connectivity index (χ0) is 14.5. The molecule has 0 aliphatic carbocycles. The van der Waals surface area contributed by atoms with E-state index in [9.17, 15) is 4.79 Å². The van der Waals surface area contributed by atoms with E-state index in [1.165, 1.54) is 16.9 Å². The summed E-state index contributed by atoms with van der Waals surface area (Å²) in [5.74, 6) is 0. The van der Waals surface area contributed by atoms with Crippen LogP contribution in [-0.4, -0.2) is 9.97 Å². The van der Waals surface area contributed by atoms with E-state index in [1.54, 1.807) is 12.4 Å². The zero-order valence-corrected chi connectivity index (χ0v) is 12.1. The van der Waals surface area contributed by atoms with Gasteiger partial charge in [-0.1, -0.05) is 41.7 Å². The van der Waals surface area contributed by atoms with E-state index in [2.05, 4.69) is 27.4 Å². The second-order valence-electron chi connectivity index (χ2n) is 4.68. The molecule has 1 unspecified atom stereocenters. The summed E-state index contributed by atoms with van der Waals surface area (Å²) in [5, 5.41) is 5.34. The van der Waals surface area contributed by atoms with E-state index < -0.39 is 0 Å². The summed E-state index contributed by atoms with van der Waals surface area (Å²) in [6.45, 7) is 0.612. The number of nitrogens with zero attached hydrogens (tertiary/aromatic N) is 1. The van der Waals surface area contributed by atoms with E-state index >= 15 is 0 Å². The van der Waals surface area contributed by atoms with Crippen molar-refractivity contribution in [1.82, 2.24) is 15.3 Å². The van der Waals surface area contributed by atoms with Crippen molar-refractivity contribution < 1.29 is 0 Å². The van der Waals surface area contributed by atoms with Crippen LogP contribution in [0.25, 0.3) is 0 Å². The average Bonchev–Trinajstić information content (AvgIpc) is 2.95. The van der Waals surface area contributed by atoms with Crippen LogP contribution in [0, 0.1) is 0 Å². The van der Waals surface area contributed by atoms with Crippen LogP contribution in [0.2, 0.25) is 0 Å². The first kappa shape index (κ1) is 13.7. The molecule has 0 radical (unpaired) electrons. The van der Waals surface area contributed by atoms with E-state index in [1.807, 2.05) is 35.7 Å². The van der Waals surface area contributed by atoms with Crippen LogP contribution in [0.5, 0.6) is 0 Å². The molecule has 0 aliphatic rings. The highest BCUT2D eigenvalue weighted by molar-refractivity contribution is 7.07. The van der Waals surface area contributed by atoms with Crippen molar-refractivity contribution in [3.63, 3.8) is 0 Å². The molecule has 1 aromatic carbocycles. The number of aromatic amines is 1. The molecule has 3 rings (SSSR count). The van der Waals surface area contributed by atoms with Gasteiger partial charge in [0.15, 0.2) is 0 Å². The minimum atomic E-state index is -0.0213. The van der Waals surface area contributed by atoms with Gasteiger partial charge in [0.2, 0.25) is 0 Å². The van der Waals surface area contributed by atoms with Gasteiger partial charge in [-0.3, -0.25) is 9.78 Å². The Morgan fingerprint density at radius 2 is 1.81 bits per heavy atom. The number of H-pyrrole nitrogens is 1. The van der Waals surface area contributed by atoms with Gasteiger partial charge < -0.3 is 10.3 Å². The fourth-order valence-electron chi connectivity index (χ4n) is 2.24. The molecule has 106 valence electrons. The van der Waals surface area contributed by atoms with Gasteiger partial charge in [-0.15, -0.1) is 0 Å². The van der Waals surface area contributed by atoms with Crippen molar-refractivity contribution in [3.05, 3.63) is 86.7 Å². The van der Waals surface area contributed by atoms with Crippen molar-refractivity contribution in [1.29, 1.82) is 0 Å². The Bertz CT molecular complexity index is 697. The Labute approximate surface area is 126 Å². The predicted molar refractivity (Wildman–Crippen MR) is 84.3 cm³/mol. The number of hydrogen-bond donors (Lipinski definition) is 2. The Balaban J connectivity index is 1.84. The maximum Gasteiger partial charge on any atom is 0.304 e. The molecule has 0 saturated carbocycles. The lowest BCUT2D eigenvalue weighted by Crippen LogP contribution is -2.22. The molecule has 2 heterocycles. The molecule has 4 nitrogen and oxygen atoms in total. The Morgan fingerprint density at radius 3 is 2.48 bits per heavy atom. The Kier molecular flexibility index (Phi) is 4.23. The molecular weight excluding hydrogens is 282 g/mol. The molecule has 0 spiro atoms. The van der Waals surface area contributed by atoms with E-state index in [-0.39, 0.29) is 10.9 Å². The predicted octanol–water partition coefficient (Wildman–Crippen LogP) is 2.71. The largest absolute Gasteiger partial charge is 0.315 e. The first-order valence-corrected chi connectivity index (χ1v) is 7.56. The fourth-order valence-corrected chi connectivity index (χ4v) is 2.82. The Morgan fingerprint density at radius 1 is 1.10 bits per heavy atom. The SMILES string of the molecule is O=c1[nH]c(CNC(c2ccccc2)c2ccncc2)cs1. The molecule has 2 aromatic heterocycles. The molecule has 0 fully saturated rings. The fraction of sp³-hybridized carbons (Fsp3) is 0.125. The molecule has 0 aliphatic heterocycles. The van der Waals surface area contributed by atoms with E-state index in [4.69, 9.17) is 0 Å². The lowest BCUT2D eigenvalue weighted by Gasteiger charge is -2.19. The van der Waals surface area contributed by atoms with Gasteiger partial charge in [0, 0.05) is 30.0 Å². The summed E-state index contributed by atoms with van der Waals surface area (Å²) >= 11 is 1.19. The van der Waals surface area contributed by atoms with Crippen molar-refractivity contribution in [2.24, 2.45) is 0 Å². The molecule has 21 heavy (non-hydrogen) atoms. The molecule has 3 aromatic rings. The number of rotatable bonds is 5. The summed E-state index contributed by atoms with van der Waals surface area (Å²) in [7, 11) is 0. The molecule has 1 atom stereocenters. The van der Waals surface area contributed by atoms with Gasteiger partial charge >= 0.3 is 4.87 Å². The van der Waals surface area contributed by atoms with E-state index in [0.717, 1.165) is 11.3 Å². The number of thiazole rings is 1. The van der Waals surface area contributed by atoms with Crippen LogP contribution in [0.3, 0.4) is 0 Å². The van der Waals surface area contributed by atoms with Crippen LogP contribution >= 0.6 is 11.3 Å². The van der Waals surface area contributed by atoms with Crippen LogP contribution in [0.15, 0.2) is 65.0 Å². The first-order chi connectivity index (χ1) is 10.3. The quantitative estimate of drug-likeness (QED) is 0.761. The summed E-state index contributed by atoms with van der Waals surface area (Å²) < 4.78 is 0. The van der Waals surface area contributed by atoms with Crippen LogP contribution in [-0.2, 0) is 6.54 Å². The maximum atomic E-state index is 11.2. The smallest absolute Gasteiger partial charge is 0.304 e. The molecule has 0 amide bonds. The van der Waals surface area contributed by atoms with Gasteiger partial charge in [0.05, 0.1) is 6.04 Å². The van der Waals surface area contributed by atoms with Crippen molar-refractivity contribution in [2.75, 3.05) is 0 Å². The zero-order valence-electron chi connectivity index (χ0n) is 11.3. The van der Waals surface area contributed by atoms with Crippen molar-refractivity contribution in [3.8, 4) is 0 Å². The highest BCUT2D eigenvalue weighted by Gasteiger charge is 2.13. The Hall–Kier alpha value is -2.24. The number of aromatic nitrogens is 2. The third-order valence-corrected chi connectivity index (χ3v) is 3.96. The molecule has 0 saturated heterocycles. The number of nitrogens with one attached hydrogen (secondary N) is 2. The third-order valence-electron chi connectivity index (χ3n) is 3.24. The summed E-state index contributed by atoms with van der Waals surface area (Å²) in [4.78, 5) is 18.1. The maximum absolute atomic E-state index is 11.2. The van der Waals surface area contributed by atoms with Gasteiger partial charge in [-0.25, -0.2) is 0 Å². The summed E-state index contributed by atoms with van der Waals surface area (Å²) in [6.07, 6.45) is 3.58. The van der Waals surface area contributed by atoms with Crippen molar-refractivity contribution >= 4 is 11.3 Å². The number of pyridine rings is 1. The van der Waals surface area contributed by atoms with Gasteiger partial charge in [-0.05, 0) is 23.3 Å². The van der Waals surface area contributed by atoms with Gasteiger partial charge in [0.25, 0.3) is 0 Å². The van der Waals surface area contributed by atoms with Crippen LogP contribution in [0.4, 0.5) is 0 Å². The highest BCUT2D eigenvalue weighted by Crippen LogP contribution is 2.21. The van der Waals surface area contributed by atoms with Crippen molar-refractivity contribution in [2.45, 2.75) is 12.6 Å². The second-order valence-corrected chi connectivity index (χ2v) is 5.52. The van der Waals surface area contributed by atoms with Crippen LogP contribution < -0.4 is 10.2 Å². The minimum absolute atomic E-state index is 0.0213. The third kappa shape index (κ3) is 3.45. The average molecular weight is 297 g/mol. The first-order valence-electron chi connectivity index (χ1n) is 6.68. The lowest BCUT2D eigenvalue weighted by atomic mass is 10.00. The second kappa shape index (κ2) is 6.47.